The largest absolute Gasteiger partial charge is 0.496 e. The fourth-order valence-corrected chi connectivity index (χ4v) is 5.22. The lowest BCUT2D eigenvalue weighted by molar-refractivity contribution is -0.121. The third kappa shape index (κ3) is 3.89. The molecule has 1 aliphatic heterocycles. The predicted octanol–water partition coefficient (Wildman–Crippen LogP) is 3.25. The molecule has 1 N–H and O–H groups in total. The molecule has 0 saturated carbocycles. The Hall–Kier alpha value is -3.59. The van der Waals surface area contributed by atoms with Crippen LogP contribution in [0.5, 0.6) is 5.75 Å². The summed E-state index contributed by atoms with van der Waals surface area (Å²) in [5, 5.41) is 8.44. The molecular weight excluding hydrogens is 438 g/mol. The number of para-hydroxylation sites is 2. The van der Waals surface area contributed by atoms with Crippen molar-refractivity contribution >= 4 is 28.7 Å². The number of benzene rings is 2. The predicted molar refractivity (Wildman–Crippen MR) is 127 cm³/mol. The molecule has 2 aromatic heterocycles. The Morgan fingerprint density at radius 3 is 2.82 bits per heavy atom. The number of aromatic nitrogens is 4. The molecule has 1 aliphatic rings. The minimum atomic E-state index is -0.256. The minimum absolute atomic E-state index is 0.123. The number of nitrogens with one attached hydrogen (secondary N) is 1. The zero-order chi connectivity index (χ0) is 22.9. The van der Waals surface area contributed by atoms with E-state index >= 15 is 0 Å². The van der Waals surface area contributed by atoms with Gasteiger partial charge in [-0.2, -0.15) is 5.10 Å². The summed E-state index contributed by atoms with van der Waals surface area (Å²) in [7, 11) is 1.61. The Bertz CT molecular complexity index is 1410. The second-order valence-electron chi connectivity index (χ2n) is 7.91. The molecule has 4 aromatic rings. The van der Waals surface area contributed by atoms with E-state index in [4.69, 9.17) is 9.72 Å². The molecule has 1 amide bonds. The number of amides is 1. The maximum absolute atomic E-state index is 13.3. The van der Waals surface area contributed by atoms with Crippen molar-refractivity contribution in [2.24, 2.45) is 0 Å². The number of carbonyl (C=O) groups is 1. The zero-order valence-electron chi connectivity index (χ0n) is 18.3. The summed E-state index contributed by atoms with van der Waals surface area (Å²) in [5.74, 6) is 1.23. The van der Waals surface area contributed by atoms with Crippen molar-refractivity contribution in [1.82, 2.24) is 24.6 Å². The van der Waals surface area contributed by atoms with Crippen LogP contribution in [0.1, 0.15) is 23.6 Å². The maximum Gasteiger partial charge on any atom is 0.265 e. The third-order valence-electron chi connectivity index (χ3n) is 5.80. The Labute approximate surface area is 194 Å². The Morgan fingerprint density at radius 1 is 1.21 bits per heavy atom. The lowest BCUT2D eigenvalue weighted by atomic mass is 10.2. The van der Waals surface area contributed by atoms with Crippen LogP contribution in [0.25, 0.3) is 16.7 Å². The summed E-state index contributed by atoms with van der Waals surface area (Å²) in [6.07, 6.45) is 1.76. The van der Waals surface area contributed by atoms with E-state index < -0.39 is 0 Å². The lowest BCUT2D eigenvalue weighted by Gasteiger charge is -2.14. The summed E-state index contributed by atoms with van der Waals surface area (Å²) in [5.41, 5.74) is 3.21. The number of methoxy groups -OCH3 is 1. The molecule has 2 aromatic carbocycles. The van der Waals surface area contributed by atoms with Crippen LogP contribution >= 0.6 is 11.8 Å². The second kappa shape index (κ2) is 8.74. The molecule has 0 saturated heterocycles. The van der Waals surface area contributed by atoms with Crippen LogP contribution in [0.15, 0.2) is 64.7 Å². The van der Waals surface area contributed by atoms with E-state index in [2.05, 4.69) is 10.4 Å². The molecule has 168 valence electrons. The molecule has 0 aliphatic carbocycles. The van der Waals surface area contributed by atoms with Crippen molar-refractivity contribution in [3.63, 3.8) is 0 Å². The lowest BCUT2D eigenvalue weighted by Crippen LogP contribution is -2.30. The maximum atomic E-state index is 13.3. The number of rotatable bonds is 6. The van der Waals surface area contributed by atoms with Gasteiger partial charge in [-0.25, -0.2) is 9.67 Å². The number of aryl methyl sites for hydroxylation is 1. The Kier molecular flexibility index (Phi) is 5.63. The van der Waals surface area contributed by atoms with E-state index in [9.17, 15) is 9.59 Å². The van der Waals surface area contributed by atoms with Gasteiger partial charge in [0.15, 0.2) is 10.8 Å². The summed E-state index contributed by atoms with van der Waals surface area (Å²) in [4.78, 5) is 30.7. The van der Waals surface area contributed by atoms with Crippen LogP contribution < -0.4 is 15.6 Å². The van der Waals surface area contributed by atoms with E-state index in [-0.39, 0.29) is 23.9 Å². The van der Waals surface area contributed by atoms with Gasteiger partial charge in [-0.15, -0.1) is 0 Å². The van der Waals surface area contributed by atoms with E-state index in [1.54, 1.807) is 22.6 Å². The molecule has 0 radical (unpaired) electrons. The second-order valence-corrected chi connectivity index (χ2v) is 8.89. The molecule has 5 rings (SSSR count). The molecule has 9 heteroatoms. The monoisotopic (exact) mass is 461 g/mol. The van der Waals surface area contributed by atoms with Crippen molar-refractivity contribution in [3.05, 3.63) is 76.2 Å². The number of carbonyl (C=O) groups excluding carboxylic acids is 1. The summed E-state index contributed by atoms with van der Waals surface area (Å²) in [6, 6.07) is 15.2. The van der Waals surface area contributed by atoms with Gasteiger partial charge in [0, 0.05) is 24.3 Å². The van der Waals surface area contributed by atoms with Gasteiger partial charge in [0.05, 0.1) is 25.0 Å². The quantitative estimate of drug-likeness (QED) is 0.443. The Balaban J connectivity index is 1.38. The number of hydrogen-bond acceptors (Lipinski definition) is 6. The molecule has 1 atom stereocenters. The summed E-state index contributed by atoms with van der Waals surface area (Å²) in [6.45, 7) is 2.36. The topological polar surface area (TPSA) is 91.0 Å². The summed E-state index contributed by atoms with van der Waals surface area (Å²) >= 11 is 1.49. The smallest absolute Gasteiger partial charge is 0.265 e. The van der Waals surface area contributed by atoms with Crippen molar-refractivity contribution in [2.75, 3.05) is 12.9 Å². The average Bonchev–Trinajstić information content (AvgIpc) is 3.43. The van der Waals surface area contributed by atoms with Gasteiger partial charge in [-0.1, -0.05) is 48.2 Å². The SMILES string of the molecule is COc1ccccc1CNC(=O)CC1CSc2nc3c(cnn3-c3ccccc3C)c(=O)n21. The first-order valence-electron chi connectivity index (χ1n) is 10.6. The molecular formula is C24H23N5O3S. The highest BCUT2D eigenvalue weighted by Crippen LogP contribution is 2.33. The number of hydrogen-bond donors (Lipinski definition) is 1. The molecule has 0 fully saturated rings. The van der Waals surface area contributed by atoms with Crippen molar-refractivity contribution in [2.45, 2.75) is 31.1 Å². The van der Waals surface area contributed by atoms with Gasteiger partial charge in [0.1, 0.15) is 11.1 Å². The van der Waals surface area contributed by atoms with Crippen LogP contribution in [-0.2, 0) is 11.3 Å². The third-order valence-corrected chi connectivity index (χ3v) is 6.90. The van der Waals surface area contributed by atoms with Crippen LogP contribution in [0.3, 0.4) is 0 Å². The van der Waals surface area contributed by atoms with Crippen molar-refractivity contribution in [3.8, 4) is 11.4 Å². The van der Waals surface area contributed by atoms with E-state index in [0.717, 1.165) is 22.6 Å². The van der Waals surface area contributed by atoms with Gasteiger partial charge in [0.25, 0.3) is 5.56 Å². The molecule has 1 unspecified atom stereocenters. The zero-order valence-corrected chi connectivity index (χ0v) is 19.1. The standard InChI is InChI=1S/C24H23N5O3S/c1-15-7-3-5-9-19(15)29-22-18(13-26-29)23(31)28-17(14-33-24(28)27-22)11-21(30)25-12-16-8-4-6-10-20(16)32-2/h3-10,13,17H,11-12,14H2,1-2H3,(H,25,30). The number of thioether (sulfide) groups is 1. The molecule has 8 nitrogen and oxygen atoms in total. The number of ether oxygens (including phenoxy) is 1. The van der Waals surface area contributed by atoms with E-state index in [0.29, 0.717) is 28.5 Å². The van der Waals surface area contributed by atoms with Crippen molar-refractivity contribution < 1.29 is 9.53 Å². The Morgan fingerprint density at radius 2 is 2.00 bits per heavy atom. The molecule has 33 heavy (non-hydrogen) atoms. The van der Waals surface area contributed by atoms with Gasteiger partial charge < -0.3 is 10.1 Å². The van der Waals surface area contributed by atoms with Gasteiger partial charge in [0.2, 0.25) is 5.91 Å². The first-order valence-corrected chi connectivity index (χ1v) is 11.6. The minimum Gasteiger partial charge on any atom is -0.496 e. The number of fused-ring (bicyclic) bond motifs is 2. The van der Waals surface area contributed by atoms with Crippen LogP contribution in [0, 0.1) is 6.92 Å². The fraction of sp³-hybridized carbons (Fsp3) is 0.250. The van der Waals surface area contributed by atoms with Gasteiger partial charge >= 0.3 is 0 Å². The normalized spacial score (nSPS) is 14.9. The molecule has 0 bridgehead atoms. The van der Waals surface area contributed by atoms with Crippen LogP contribution in [0.2, 0.25) is 0 Å². The molecule has 3 heterocycles. The first kappa shape index (κ1) is 21.3. The van der Waals surface area contributed by atoms with Crippen LogP contribution in [0.4, 0.5) is 0 Å². The highest BCUT2D eigenvalue weighted by Gasteiger charge is 2.29. The first-order chi connectivity index (χ1) is 16.1. The summed E-state index contributed by atoms with van der Waals surface area (Å²) < 4.78 is 8.69. The molecule has 0 spiro atoms. The van der Waals surface area contributed by atoms with Gasteiger partial charge in [-0.3, -0.25) is 14.2 Å². The van der Waals surface area contributed by atoms with Crippen LogP contribution in [-0.4, -0.2) is 38.1 Å². The van der Waals surface area contributed by atoms with Gasteiger partial charge in [-0.05, 0) is 24.6 Å². The highest BCUT2D eigenvalue weighted by molar-refractivity contribution is 7.99. The van der Waals surface area contributed by atoms with E-state index in [1.807, 2.05) is 55.5 Å². The highest BCUT2D eigenvalue weighted by atomic mass is 32.2. The number of nitrogens with zero attached hydrogens (tertiary/aromatic N) is 4. The van der Waals surface area contributed by atoms with E-state index in [1.165, 1.54) is 11.8 Å². The fourth-order valence-electron chi connectivity index (χ4n) is 4.09. The van der Waals surface area contributed by atoms with Crippen molar-refractivity contribution in [1.29, 1.82) is 0 Å². The average molecular weight is 462 g/mol.